The SMILES string of the molecule is Nc1ccc2c(ccn2Cc2cncc(F)c2)c1. The lowest BCUT2D eigenvalue weighted by Crippen LogP contribution is -1.99. The third-order valence-electron chi connectivity index (χ3n) is 2.91. The third-order valence-corrected chi connectivity index (χ3v) is 2.91. The van der Waals surface area contributed by atoms with Gasteiger partial charge in [-0.3, -0.25) is 4.98 Å². The van der Waals surface area contributed by atoms with E-state index in [0.717, 1.165) is 22.2 Å². The fourth-order valence-corrected chi connectivity index (χ4v) is 2.10. The van der Waals surface area contributed by atoms with E-state index in [4.69, 9.17) is 5.73 Å². The normalized spacial score (nSPS) is 10.9. The number of fused-ring (bicyclic) bond motifs is 1. The van der Waals surface area contributed by atoms with Gasteiger partial charge in [0.1, 0.15) is 5.82 Å². The first-order chi connectivity index (χ1) is 8.72. The van der Waals surface area contributed by atoms with Crippen LogP contribution in [0.3, 0.4) is 0 Å². The number of benzene rings is 1. The predicted octanol–water partition coefficient (Wildman–Crippen LogP) is 2.81. The van der Waals surface area contributed by atoms with E-state index in [1.807, 2.05) is 35.0 Å². The van der Waals surface area contributed by atoms with E-state index < -0.39 is 0 Å². The number of rotatable bonds is 2. The molecule has 2 aromatic heterocycles. The van der Waals surface area contributed by atoms with Crippen molar-refractivity contribution in [1.82, 2.24) is 9.55 Å². The molecule has 3 aromatic rings. The molecule has 0 aliphatic carbocycles. The summed E-state index contributed by atoms with van der Waals surface area (Å²) in [6.45, 7) is 0.595. The van der Waals surface area contributed by atoms with Gasteiger partial charge in [-0.2, -0.15) is 0 Å². The Kier molecular flexibility index (Phi) is 2.48. The Labute approximate surface area is 104 Å². The van der Waals surface area contributed by atoms with Crippen molar-refractivity contribution < 1.29 is 4.39 Å². The summed E-state index contributed by atoms with van der Waals surface area (Å²) >= 11 is 0. The van der Waals surface area contributed by atoms with Crippen LogP contribution in [-0.4, -0.2) is 9.55 Å². The Morgan fingerprint density at radius 3 is 2.89 bits per heavy atom. The van der Waals surface area contributed by atoms with Gasteiger partial charge >= 0.3 is 0 Å². The second kappa shape index (κ2) is 4.14. The summed E-state index contributed by atoms with van der Waals surface area (Å²) in [5, 5.41) is 1.08. The lowest BCUT2D eigenvalue weighted by Gasteiger charge is -2.05. The van der Waals surface area contributed by atoms with Gasteiger partial charge in [0.2, 0.25) is 0 Å². The van der Waals surface area contributed by atoms with E-state index in [1.165, 1.54) is 12.3 Å². The maximum absolute atomic E-state index is 13.1. The molecule has 2 N–H and O–H groups in total. The van der Waals surface area contributed by atoms with Gasteiger partial charge in [-0.1, -0.05) is 0 Å². The zero-order chi connectivity index (χ0) is 12.5. The van der Waals surface area contributed by atoms with Crippen molar-refractivity contribution in [3.8, 4) is 0 Å². The summed E-state index contributed by atoms with van der Waals surface area (Å²) in [5.41, 5.74) is 8.39. The van der Waals surface area contributed by atoms with Crippen molar-refractivity contribution in [3.05, 3.63) is 60.3 Å². The fourth-order valence-electron chi connectivity index (χ4n) is 2.10. The zero-order valence-electron chi connectivity index (χ0n) is 9.68. The molecule has 0 aliphatic rings. The second-order valence-corrected chi connectivity index (χ2v) is 4.27. The summed E-state index contributed by atoms with van der Waals surface area (Å²) < 4.78 is 15.1. The molecule has 0 amide bonds. The number of nitrogens with zero attached hydrogens (tertiary/aromatic N) is 2. The highest BCUT2D eigenvalue weighted by Crippen LogP contribution is 2.19. The molecule has 0 saturated heterocycles. The van der Waals surface area contributed by atoms with Crippen LogP contribution in [0.2, 0.25) is 0 Å². The molecule has 0 atom stereocenters. The Balaban J connectivity index is 2.00. The minimum Gasteiger partial charge on any atom is -0.399 e. The van der Waals surface area contributed by atoms with Crippen molar-refractivity contribution in [1.29, 1.82) is 0 Å². The van der Waals surface area contributed by atoms with Gasteiger partial charge in [-0.25, -0.2) is 4.39 Å². The number of pyridine rings is 1. The molecule has 3 nitrogen and oxygen atoms in total. The van der Waals surface area contributed by atoms with E-state index in [1.54, 1.807) is 6.20 Å². The molecule has 1 aromatic carbocycles. The lowest BCUT2D eigenvalue weighted by molar-refractivity contribution is 0.617. The van der Waals surface area contributed by atoms with Crippen molar-refractivity contribution in [2.45, 2.75) is 6.54 Å². The first-order valence-corrected chi connectivity index (χ1v) is 5.66. The van der Waals surface area contributed by atoms with Crippen LogP contribution in [0.4, 0.5) is 10.1 Å². The van der Waals surface area contributed by atoms with E-state index >= 15 is 0 Å². The van der Waals surface area contributed by atoms with Crippen molar-refractivity contribution in [3.63, 3.8) is 0 Å². The van der Waals surface area contributed by atoms with E-state index in [2.05, 4.69) is 4.98 Å². The van der Waals surface area contributed by atoms with Gasteiger partial charge in [0.15, 0.2) is 0 Å². The van der Waals surface area contributed by atoms with Crippen LogP contribution in [0.25, 0.3) is 10.9 Å². The number of anilines is 1. The molecule has 3 rings (SSSR count). The fraction of sp³-hybridized carbons (Fsp3) is 0.0714. The molecule has 4 heteroatoms. The monoisotopic (exact) mass is 241 g/mol. The van der Waals surface area contributed by atoms with Gasteiger partial charge in [-0.05, 0) is 35.9 Å². The molecule has 0 aliphatic heterocycles. The molecule has 0 spiro atoms. The number of nitrogens with two attached hydrogens (primary N) is 1. The lowest BCUT2D eigenvalue weighted by atomic mass is 10.2. The highest BCUT2D eigenvalue weighted by atomic mass is 19.1. The number of hydrogen-bond donors (Lipinski definition) is 1. The van der Waals surface area contributed by atoms with Crippen LogP contribution in [-0.2, 0) is 6.54 Å². The van der Waals surface area contributed by atoms with Crippen LogP contribution in [0.5, 0.6) is 0 Å². The van der Waals surface area contributed by atoms with E-state index in [0.29, 0.717) is 6.54 Å². The summed E-state index contributed by atoms with van der Waals surface area (Å²) in [4.78, 5) is 3.85. The predicted molar refractivity (Wildman–Crippen MR) is 69.6 cm³/mol. The average Bonchev–Trinajstić information content (AvgIpc) is 2.72. The van der Waals surface area contributed by atoms with Gasteiger partial charge in [-0.15, -0.1) is 0 Å². The summed E-state index contributed by atoms with van der Waals surface area (Å²) in [6, 6.07) is 9.25. The molecule has 0 unspecified atom stereocenters. The van der Waals surface area contributed by atoms with Crippen LogP contribution < -0.4 is 5.73 Å². The maximum Gasteiger partial charge on any atom is 0.141 e. The Morgan fingerprint density at radius 1 is 1.17 bits per heavy atom. The molecule has 0 bridgehead atoms. The first-order valence-electron chi connectivity index (χ1n) is 5.66. The number of aromatic nitrogens is 2. The van der Waals surface area contributed by atoms with Crippen molar-refractivity contribution in [2.24, 2.45) is 0 Å². The molecule has 0 radical (unpaired) electrons. The summed E-state index contributed by atoms with van der Waals surface area (Å²) in [5.74, 6) is -0.312. The van der Waals surface area contributed by atoms with Crippen molar-refractivity contribution in [2.75, 3.05) is 5.73 Å². The molecule has 18 heavy (non-hydrogen) atoms. The molecular weight excluding hydrogens is 229 g/mol. The van der Waals surface area contributed by atoms with Crippen LogP contribution in [0.1, 0.15) is 5.56 Å². The minimum absolute atomic E-state index is 0.312. The second-order valence-electron chi connectivity index (χ2n) is 4.27. The van der Waals surface area contributed by atoms with Crippen LogP contribution >= 0.6 is 0 Å². The van der Waals surface area contributed by atoms with Gasteiger partial charge in [0.05, 0.1) is 6.20 Å². The molecular formula is C14H12FN3. The van der Waals surface area contributed by atoms with Gasteiger partial charge in [0, 0.05) is 35.5 Å². The molecule has 0 fully saturated rings. The molecule has 90 valence electrons. The van der Waals surface area contributed by atoms with E-state index in [9.17, 15) is 4.39 Å². The standard InChI is InChI=1S/C14H12FN3/c15-12-5-10(7-17-8-12)9-18-4-3-11-6-13(16)1-2-14(11)18/h1-8H,9,16H2. The minimum atomic E-state index is -0.312. The summed E-state index contributed by atoms with van der Waals surface area (Å²) in [7, 11) is 0. The maximum atomic E-state index is 13.1. The Hall–Kier alpha value is -2.36. The molecule has 0 saturated carbocycles. The average molecular weight is 241 g/mol. The third kappa shape index (κ3) is 1.93. The van der Waals surface area contributed by atoms with E-state index in [-0.39, 0.29) is 5.82 Å². The highest BCUT2D eigenvalue weighted by molar-refractivity contribution is 5.83. The highest BCUT2D eigenvalue weighted by Gasteiger charge is 2.03. The van der Waals surface area contributed by atoms with Gasteiger partial charge in [0.25, 0.3) is 0 Å². The topological polar surface area (TPSA) is 43.8 Å². The van der Waals surface area contributed by atoms with Crippen LogP contribution in [0, 0.1) is 5.82 Å². The number of halogens is 1. The zero-order valence-corrected chi connectivity index (χ0v) is 9.68. The number of hydrogen-bond acceptors (Lipinski definition) is 2. The van der Waals surface area contributed by atoms with Gasteiger partial charge < -0.3 is 10.3 Å². The first kappa shape index (κ1) is 10.8. The Bertz CT molecular complexity index is 703. The van der Waals surface area contributed by atoms with Crippen molar-refractivity contribution >= 4 is 16.6 Å². The number of nitrogen functional groups attached to an aromatic ring is 1. The summed E-state index contributed by atoms with van der Waals surface area (Å²) in [6.07, 6.45) is 4.85. The smallest absolute Gasteiger partial charge is 0.141 e. The van der Waals surface area contributed by atoms with Crippen LogP contribution in [0.15, 0.2) is 48.9 Å². The molecule has 2 heterocycles. The largest absolute Gasteiger partial charge is 0.399 e. The Morgan fingerprint density at radius 2 is 2.06 bits per heavy atom. The quantitative estimate of drug-likeness (QED) is 0.701.